The quantitative estimate of drug-likeness (QED) is 0.643. The van der Waals surface area contributed by atoms with Gasteiger partial charge in [0.15, 0.2) is 0 Å². The van der Waals surface area contributed by atoms with Gasteiger partial charge >= 0.3 is 0 Å². The predicted octanol–water partition coefficient (Wildman–Crippen LogP) is 1.17. The van der Waals surface area contributed by atoms with Gasteiger partial charge in [0.25, 0.3) is 0 Å². The molecular formula is C16H23N3O2. The zero-order valence-electron chi connectivity index (χ0n) is 12.5. The molecular weight excluding hydrogens is 266 g/mol. The van der Waals surface area contributed by atoms with Crippen molar-refractivity contribution in [3.05, 3.63) is 36.0 Å². The lowest BCUT2D eigenvalue weighted by molar-refractivity contribution is -0.122. The molecule has 5 heteroatoms. The van der Waals surface area contributed by atoms with Crippen LogP contribution in [0.4, 0.5) is 0 Å². The first-order valence-electron chi connectivity index (χ1n) is 7.25. The summed E-state index contributed by atoms with van der Waals surface area (Å²) >= 11 is 0. The summed E-state index contributed by atoms with van der Waals surface area (Å²) in [6.45, 7) is 4.05. The highest BCUT2D eigenvalue weighted by Crippen LogP contribution is 2.18. The van der Waals surface area contributed by atoms with E-state index in [4.69, 9.17) is 5.73 Å². The molecule has 0 aliphatic heterocycles. The second-order valence-electron chi connectivity index (χ2n) is 5.73. The zero-order valence-corrected chi connectivity index (χ0v) is 12.5. The third-order valence-electron chi connectivity index (χ3n) is 3.71. The minimum atomic E-state index is -0.622. The molecule has 1 amide bonds. The van der Waals surface area contributed by atoms with Crippen LogP contribution in [0.2, 0.25) is 0 Å². The van der Waals surface area contributed by atoms with Crippen LogP contribution in [0.5, 0.6) is 0 Å². The Balaban J connectivity index is 1.94. The summed E-state index contributed by atoms with van der Waals surface area (Å²) in [5.41, 5.74) is 8.02. The molecule has 0 radical (unpaired) electrons. The molecule has 5 nitrogen and oxygen atoms in total. The van der Waals surface area contributed by atoms with Crippen LogP contribution in [0.3, 0.4) is 0 Å². The monoisotopic (exact) mass is 289 g/mol. The van der Waals surface area contributed by atoms with E-state index in [0.717, 1.165) is 16.5 Å². The van der Waals surface area contributed by atoms with E-state index in [9.17, 15) is 9.90 Å². The summed E-state index contributed by atoms with van der Waals surface area (Å²) in [6, 6.07) is 7.30. The van der Waals surface area contributed by atoms with Gasteiger partial charge in [0.2, 0.25) is 5.91 Å². The van der Waals surface area contributed by atoms with E-state index in [-0.39, 0.29) is 18.4 Å². The molecule has 1 heterocycles. The van der Waals surface area contributed by atoms with Crippen molar-refractivity contribution in [1.29, 1.82) is 0 Å². The van der Waals surface area contributed by atoms with Gasteiger partial charge in [-0.1, -0.05) is 32.0 Å². The van der Waals surface area contributed by atoms with Crippen LogP contribution < -0.4 is 11.1 Å². The maximum atomic E-state index is 12.0. The van der Waals surface area contributed by atoms with Gasteiger partial charge in [-0.25, -0.2) is 0 Å². The molecule has 1 aromatic carbocycles. The number of carbonyl (C=O) groups excluding carboxylic acids is 1. The summed E-state index contributed by atoms with van der Waals surface area (Å²) in [5.74, 6) is -0.130. The number of aromatic amines is 1. The molecule has 2 unspecified atom stereocenters. The lowest BCUT2D eigenvalue weighted by Gasteiger charge is -2.17. The molecule has 114 valence electrons. The molecule has 0 bridgehead atoms. The van der Waals surface area contributed by atoms with Crippen LogP contribution >= 0.6 is 0 Å². The number of aliphatic hydroxyl groups is 1. The summed E-state index contributed by atoms with van der Waals surface area (Å²) in [4.78, 5) is 15.1. The highest BCUT2D eigenvalue weighted by atomic mass is 16.3. The molecule has 1 aromatic heterocycles. The second-order valence-corrected chi connectivity index (χ2v) is 5.73. The maximum absolute atomic E-state index is 12.0. The average molecular weight is 289 g/mol. The fourth-order valence-corrected chi connectivity index (χ4v) is 2.20. The number of nitrogens with one attached hydrogen (secondary N) is 2. The summed E-state index contributed by atoms with van der Waals surface area (Å²) in [6.07, 6.45) is 1.81. The van der Waals surface area contributed by atoms with E-state index in [1.54, 1.807) is 0 Å². The number of H-pyrrole nitrogens is 1. The van der Waals surface area contributed by atoms with Gasteiger partial charge in [0.05, 0.1) is 12.1 Å². The Morgan fingerprint density at radius 3 is 2.81 bits per heavy atom. The summed E-state index contributed by atoms with van der Waals surface area (Å²) in [7, 11) is 0. The Bertz CT molecular complexity index is 606. The van der Waals surface area contributed by atoms with Gasteiger partial charge in [0, 0.05) is 23.6 Å². The van der Waals surface area contributed by atoms with Crippen molar-refractivity contribution in [2.45, 2.75) is 32.4 Å². The maximum Gasteiger partial charge on any atom is 0.237 e. The number of aromatic nitrogens is 1. The molecule has 0 saturated carbocycles. The molecule has 0 saturated heterocycles. The highest BCUT2D eigenvalue weighted by Gasteiger charge is 2.17. The van der Waals surface area contributed by atoms with Crippen LogP contribution in [0, 0.1) is 5.92 Å². The number of aliphatic hydroxyl groups excluding tert-OH is 1. The third kappa shape index (κ3) is 3.83. The number of para-hydroxylation sites is 1. The first-order chi connectivity index (χ1) is 9.99. The van der Waals surface area contributed by atoms with Gasteiger partial charge in [-0.3, -0.25) is 4.79 Å². The first kappa shape index (κ1) is 15.5. The number of rotatable bonds is 6. The smallest absolute Gasteiger partial charge is 0.237 e. The average Bonchev–Trinajstić information content (AvgIpc) is 2.87. The highest BCUT2D eigenvalue weighted by molar-refractivity contribution is 5.86. The fraction of sp³-hybridized carbons (Fsp3) is 0.438. The van der Waals surface area contributed by atoms with E-state index in [2.05, 4.69) is 10.3 Å². The van der Waals surface area contributed by atoms with E-state index >= 15 is 0 Å². The lowest BCUT2D eigenvalue weighted by Crippen LogP contribution is -2.45. The van der Waals surface area contributed by atoms with Gasteiger partial charge in [-0.05, 0) is 24.0 Å². The van der Waals surface area contributed by atoms with Crippen LogP contribution in [-0.4, -0.2) is 34.7 Å². The molecule has 0 aliphatic carbocycles. The van der Waals surface area contributed by atoms with E-state index in [1.807, 2.05) is 44.3 Å². The number of fused-ring (bicyclic) bond motifs is 1. The van der Waals surface area contributed by atoms with Crippen molar-refractivity contribution in [3.63, 3.8) is 0 Å². The van der Waals surface area contributed by atoms with Crippen molar-refractivity contribution in [3.8, 4) is 0 Å². The van der Waals surface area contributed by atoms with E-state index < -0.39 is 12.1 Å². The molecule has 0 fully saturated rings. The minimum Gasteiger partial charge on any atom is -0.391 e. The van der Waals surface area contributed by atoms with Gasteiger partial charge in [-0.15, -0.1) is 0 Å². The largest absolute Gasteiger partial charge is 0.391 e. The molecule has 5 N–H and O–H groups in total. The van der Waals surface area contributed by atoms with Crippen LogP contribution in [-0.2, 0) is 11.2 Å². The fourth-order valence-electron chi connectivity index (χ4n) is 2.20. The number of amides is 1. The van der Waals surface area contributed by atoms with Crippen molar-refractivity contribution in [2.24, 2.45) is 11.7 Å². The summed E-state index contributed by atoms with van der Waals surface area (Å²) in [5, 5.41) is 13.5. The van der Waals surface area contributed by atoms with E-state index in [0.29, 0.717) is 6.42 Å². The van der Waals surface area contributed by atoms with E-state index in [1.165, 1.54) is 0 Å². The van der Waals surface area contributed by atoms with Crippen LogP contribution in [0.1, 0.15) is 19.4 Å². The standard InChI is InChI=1S/C16H23N3O2/c1-10(2)15(20)9-19-16(21)13(17)7-11-8-18-14-6-4-3-5-12(11)14/h3-6,8,10,13,15,18,20H,7,9,17H2,1-2H3,(H,19,21). The number of hydrogen-bond acceptors (Lipinski definition) is 3. The Labute approximate surface area is 124 Å². The van der Waals surface area contributed by atoms with Crippen molar-refractivity contribution >= 4 is 16.8 Å². The Hall–Kier alpha value is -1.85. The number of nitrogens with two attached hydrogens (primary N) is 1. The minimum absolute atomic E-state index is 0.107. The topological polar surface area (TPSA) is 91.1 Å². The van der Waals surface area contributed by atoms with Crippen LogP contribution in [0.25, 0.3) is 10.9 Å². The summed E-state index contributed by atoms with van der Waals surface area (Å²) < 4.78 is 0. The van der Waals surface area contributed by atoms with Crippen molar-refractivity contribution in [1.82, 2.24) is 10.3 Å². The normalized spacial score (nSPS) is 14.3. The molecule has 2 rings (SSSR count). The van der Waals surface area contributed by atoms with Gasteiger partial charge in [-0.2, -0.15) is 0 Å². The first-order valence-corrected chi connectivity index (χ1v) is 7.25. The molecule has 2 aromatic rings. The number of benzene rings is 1. The Morgan fingerprint density at radius 2 is 2.10 bits per heavy atom. The van der Waals surface area contributed by atoms with Gasteiger partial charge in [0.1, 0.15) is 0 Å². The lowest BCUT2D eigenvalue weighted by atomic mass is 10.0. The molecule has 2 atom stereocenters. The SMILES string of the molecule is CC(C)C(O)CNC(=O)C(N)Cc1c[nH]c2ccccc12. The predicted molar refractivity (Wildman–Crippen MR) is 83.8 cm³/mol. The van der Waals surface area contributed by atoms with Crippen molar-refractivity contribution in [2.75, 3.05) is 6.54 Å². The zero-order chi connectivity index (χ0) is 15.4. The van der Waals surface area contributed by atoms with Gasteiger partial charge < -0.3 is 21.1 Å². The third-order valence-corrected chi connectivity index (χ3v) is 3.71. The van der Waals surface area contributed by atoms with Crippen LogP contribution in [0.15, 0.2) is 30.5 Å². The Kier molecular flexibility index (Phi) is 4.98. The Morgan fingerprint density at radius 1 is 1.38 bits per heavy atom. The molecule has 0 aliphatic rings. The molecule has 21 heavy (non-hydrogen) atoms. The second kappa shape index (κ2) is 6.74. The number of carbonyl (C=O) groups is 1. The molecule has 0 spiro atoms. The number of hydrogen-bond donors (Lipinski definition) is 4. The van der Waals surface area contributed by atoms with Crippen molar-refractivity contribution < 1.29 is 9.90 Å².